The predicted molar refractivity (Wildman–Crippen MR) is 70.0 cm³/mol. The van der Waals surface area contributed by atoms with Crippen molar-refractivity contribution in [3.8, 4) is 0 Å². The highest BCUT2D eigenvalue weighted by atomic mass is 79.9. The normalized spacial score (nSPS) is 14.4. The Morgan fingerprint density at radius 1 is 1.53 bits per heavy atom. The monoisotopic (exact) mass is 301 g/mol. The lowest BCUT2D eigenvalue weighted by molar-refractivity contribution is -0.385. The minimum atomic E-state index is -0.455. The van der Waals surface area contributed by atoms with Crippen LogP contribution in [0.4, 0.5) is 5.69 Å². The second-order valence-corrected chi connectivity index (χ2v) is 5.06. The fourth-order valence-corrected chi connectivity index (χ4v) is 2.17. The van der Waals surface area contributed by atoms with E-state index in [0.717, 1.165) is 6.42 Å². The summed E-state index contributed by atoms with van der Waals surface area (Å²) in [5, 5.41) is 20.5. The van der Waals surface area contributed by atoms with Gasteiger partial charge in [0.25, 0.3) is 5.69 Å². The first-order valence-corrected chi connectivity index (χ1v) is 6.35. The second-order valence-electron chi connectivity index (χ2n) is 4.14. The van der Waals surface area contributed by atoms with Crippen molar-refractivity contribution >= 4 is 21.6 Å². The minimum Gasteiger partial charge on any atom is -0.393 e. The number of hydrogen-bond donors (Lipinski definition) is 1. The number of nitro benzene ring substituents is 1. The smallest absolute Gasteiger partial charge is 0.273 e. The zero-order chi connectivity index (χ0) is 13.0. The second kappa shape index (κ2) is 6.12. The Kier molecular flexibility index (Phi) is 5.08. The van der Waals surface area contributed by atoms with Crippen LogP contribution in [0.1, 0.15) is 25.8 Å². The lowest BCUT2D eigenvalue weighted by Crippen LogP contribution is -2.18. The molecule has 0 aliphatic heterocycles. The molecule has 1 rings (SSSR count). The number of rotatable bonds is 5. The highest BCUT2D eigenvalue weighted by Crippen LogP contribution is 2.27. The third kappa shape index (κ3) is 3.78. The van der Waals surface area contributed by atoms with Crippen molar-refractivity contribution in [2.24, 2.45) is 5.92 Å². The van der Waals surface area contributed by atoms with Gasteiger partial charge in [0.15, 0.2) is 0 Å². The summed E-state index contributed by atoms with van der Waals surface area (Å²) >= 11 is 3.22. The molecule has 0 amide bonds. The number of aliphatic hydroxyl groups is 1. The molecule has 0 saturated heterocycles. The fraction of sp³-hybridized carbons (Fsp3) is 0.500. The van der Waals surface area contributed by atoms with Crippen molar-refractivity contribution < 1.29 is 10.0 Å². The SMILES string of the molecule is CCC(Cc1ccc(Br)cc1[N+](=O)[O-])C(C)O. The van der Waals surface area contributed by atoms with Crippen LogP contribution in [0.5, 0.6) is 0 Å². The van der Waals surface area contributed by atoms with E-state index in [1.807, 2.05) is 6.92 Å². The highest BCUT2D eigenvalue weighted by molar-refractivity contribution is 9.10. The molecular formula is C12H16BrNO3. The van der Waals surface area contributed by atoms with Crippen molar-refractivity contribution in [3.63, 3.8) is 0 Å². The van der Waals surface area contributed by atoms with Gasteiger partial charge in [0.05, 0.1) is 11.0 Å². The van der Waals surface area contributed by atoms with E-state index in [-0.39, 0.29) is 16.5 Å². The van der Waals surface area contributed by atoms with E-state index in [9.17, 15) is 15.2 Å². The molecule has 4 nitrogen and oxygen atoms in total. The summed E-state index contributed by atoms with van der Waals surface area (Å²) in [6, 6.07) is 5.04. The van der Waals surface area contributed by atoms with Crippen LogP contribution >= 0.6 is 15.9 Å². The maximum absolute atomic E-state index is 10.9. The predicted octanol–water partition coefficient (Wildman–Crippen LogP) is 3.31. The Hall–Kier alpha value is -0.940. The molecule has 0 radical (unpaired) electrons. The van der Waals surface area contributed by atoms with E-state index >= 15 is 0 Å². The third-order valence-electron chi connectivity index (χ3n) is 2.93. The van der Waals surface area contributed by atoms with Crippen molar-refractivity contribution in [1.82, 2.24) is 0 Å². The van der Waals surface area contributed by atoms with Gasteiger partial charge in [0.1, 0.15) is 0 Å². The van der Waals surface area contributed by atoms with Crippen LogP contribution in [-0.4, -0.2) is 16.1 Å². The van der Waals surface area contributed by atoms with E-state index in [1.165, 1.54) is 6.07 Å². The lowest BCUT2D eigenvalue weighted by Gasteiger charge is -2.17. The number of hydrogen-bond acceptors (Lipinski definition) is 3. The van der Waals surface area contributed by atoms with E-state index in [2.05, 4.69) is 15.9 Å². The molecule has 0 heterocycles. The average Bonchev–Trinajstić information content (AvgIpc) is 2.26. The van der Waals surface area contributed by atoms with Gasteiger partial charge < -0.3 is 5.11 Å². The Morgan fingerprint density at radius 2 is 2.18 bits per heavy atom. The first-order valence-electron chi connectivity index (χ1n) is 5.56. The van der Waals surface area contributed by atoms with Gasteiger partial charge in [-0.15, -0.1) is 0 Å². The van der Waals surface area contributed by atoms with Crippen LogP contribution in [0.25, 0.3) is 0 Å². The van der Waals surface area contributed by atoms with Crippen LogP contribution in [-0.2, 0) is 6.42 Å². The van der Waals surface area contributed by atoms with Gasteiger partial charge in [-0.3, -0.25) is 10.1 Å². The van der Waals surface area contributed by atoms with E-state index in [1.54, 1.807) is 19.1 Å². The first kappa shape index (κ1) is 14.1. The lowest BCUT2D eigenvalue weighted by atomic mass is 9.92. The van der Waals surface area contributed by atoms with E-state index < -0.39 is 6.10 Å². The Bertz CT molecular complexity index is 407. The summed E-state index contributed by atoms with van der Waals surface area (Å²) in [5.41, 5.74) is 0.782. The van der Waals surface area contributed by atoms with Gasteiger partial charge in [-0.25, -0.2) is 0 Å². The molecule has 1 N–H and O–H groups in total. The molecule has 0 aliphatic carbocycles. The Morgan fingerprint density at radius 3 is 2.65 bits per heavy atom. The molecule has 0 aromatic heterocycles. The molecular weight excluding hydrogens is 286 g/mol. The zero-order valence-electron chi connectivity index (χ0n) is 9.89. The number of benzene rings is 1. The number of aliphatic hydroxyl groups excluding tert-OH is 1. The van der Waals surface area contributed by atoms with Crippen LogP contribution < -0.4 is 0 Å². The quantitative estimate of drug-likeness (QED) is 0.670. The van der Waals surface area contributed by atoms with Gasteiger partial charge in [-0.1, -0.05) is 35.3 Å². The summed E-state index contributed by atoms with van der Waals surface area (Å²) in [5.74, 6) is 0.0508. The average molecular weight is 302 g/mol. The van der Waals surface area contributed by atoms with Crippen LogP contribution in [0, 0.1) is 16.0 Å². The molecule has 0 fully saturated rings. The van der Waals surface area contributed by atoms with Gasteiger partial charge in [-0.2, -0.15) is 0 Å². The third-order valence-corrected chi connectivity index (χ3v) is 3.43. The maximum Gasteiger partial charge on any atom is 0.273 e. The summed E-state index contributed by atoms with van der Waals surface area (Å²) in [4.78, 5) is 10.6. The van der Waals surface area contributed by atoms with Crippen molar-refractivity contribution in [1.29, 1.82) is 0 Å². The van der Waals surface area contributed by atoms with E-state index in [0.29, 0.717) is 16.5 Å². The maximum atomic E-state index is 10.9. The molecule has 17 heavy (non-hydrogen) atoms. The molecule has 94 valence electrons. The van der Waals surface area contributed by atoms with Gasteiger partial charge in [0, 0.05) is 16.1 Å². The van der Waals surface area contributed by atoms with Crippen molar-refractivity contribution in [3.05, 3.63) is 38.3 Å². The minimum absolute atomic E-state index is 0.0508. The number of nitro groups is 1. The summed E-state index contributed by atoms with van der Waals surface area (Å²) in [6.07, 6.45) is 0.867. The molecule has 2 unspecified atom stereocenters. The van der Waals surface area contributed by atoms with Crippen LogP contribution in [0.2, 0.25) is 0 Å². The fourth-order valence-electron chi connectivity index (χ4n) is 1.82. The standard InChI is InChI=1S/C12H16BrNO3/c1-3-9(8(2)15)6-10-4-5-11(13)7-12(10)14(16)17/h4-5,7-9,15H,3,6H2,1-2H3. The Balaban J connectivity index is 3.01. The molecule has 0 saturated carbocycles. The zero-order valence-corrected chi connectivity index (χ0v) is 11.5. The first-order chi connectivity index (χ1) is 7.95. The topological polar surface area (TPSA) is 63.4 Å². The highest BCUT2D eigenvalue weighted by Gasteiger charge is 2.20. The summed E-state index contributed by atoms with van der Waals surface area (Å²) in [7, 11) is 0. The molecule has 2 atom stereocenters. The van der Waals surface area contributed by atoms with E-state index in [4.69, 9.17) is 0 Å². The van der Waals surface area contributed by atoms with Crippen LogP contribution in [0.15, 0.2) is 22.7 Å². The van der Waals surface area contributed by atoms with Crippen LogP contribution in [0.3, 0.4) is 0 Å². The largest absolute Gasteiger partial charge is 0.393 e. The number of halogens is 1. The summed E-state index contributed by atoms with van der Waals surface area (Å²) in [6.45, 7) is 3.70. The van der Waals surface area contributed by atoms with Gasteiger partial charge in [-0.05, 0) is 25.3 Å². The Labute approximate surface area is 109 Å². The molecule has 0 bridgehead atoms. The van der Waals surface area contributed by atoms with Gasteiger partial charge in [0.2, 0.25) is 0 Å². The van der Waals surface area contributed by atoms with Crippen molar-refractivity contribution in [2.45, 2.75) is 32.8 Å². The summed E-state index contributed by atoms with van der Waals surface area (Å²) < 4.78 is 0.693. The number of nitrogens with zero attached hydrogens (tertiary/aromatic N) is 1. The molecule has 0 spiro atoms. The molecule has 1 aromatic rings. The van der Waals surface area contributed by atoms with Crippen molar-refractivity contribution in [2.75, 3.05) is 0 Å². The molecule has 1 aromatic carbocycles. The molecule has 0 aliphatic rings. The molecule has 5 heteroatoms. The van der Waals surface area contributed by atoms with Gasteiger partial charge >= 0.3 is 0 Å².